The molecule has 0 amide bonds. The molecule has 3 rings (SSSR count). The van der Waals surface area contributed by atoms with Crippen molar-refractivity contribution in [1.29, 1.82) is 0 Å². The number of non-ortho nitro benzene ring substituents is 1. The van der Waals surface area contributed by atoms with Crippen LogP contribution in [0.2, 0.25) is 10.0 Å². The van der Waals surface area contributed by atoms with Crippen LogP contribution in [0.5, 0.6) is 0 Å². The first-order valence-electron chi connectivity index (χ1n) is 7.56. The van der Waals surface area contributed by atoms with Gasteiger partial charge in [-0.2, -0.15) is 5.10 Å². The van der Waals surface area contributed by atoms with E-state index in [1.54, 1.807) is 36.5 Å². The molecule has 0 aliphatic rings. The number of carboxylic acid groups (broad SMARTS) is 1. The zero-order valence-corrected chi connectivity index (χ0v) is 15.1. The Morgan fingerprint density at radius 3 is 2.63 bits per heavy atom. The number of nitrogens with zero attached hydrogens (tertiary/aromatic N) is 3. The molecule has 7 nitrogen and oxygen atoms in total. The predicted octanol–water partition coefficient (Wildman–Crippen LogP) is 4.85. The number of benzene rings is 2. The zero-order chi connectivity index (χ0) is 19.6. The molecule has 0 fully saturated rings. The summed E-state index contributed by atoms with van der Waals surface area (Å²) in [6.45, 7) is 0. The molecule has 136 valence electrons. The van der Waals surface area contributed by atoms with Crippen LogP contribution < -0.4 is 0 Å². The van der Waals surface area contributed by atoms with Gasteiger partial charge in [-0.3, -0.25) is 10.1 Å². The van der Waals surface area contributed by atoms with E-state index in [1.807, 2.05) is 0 Å². The molecule has 0 saturated carbocycles. The highest BCUT2D eigenvalue weighted by Gasteiger charge is 2.14. The van der Waals surface area contributed by atoms with Crippen molar-refractivity contribution in [3.8, 4) is 16.9 Å². The molecule has 0 unspecified atom stereocenters. The van der Waals surface area contributed by atoms with E-state index in [1.165, 1.54) is 22.9 Å². The minimum absolute atomic E-state index is 0.0817. The van der Waals surface area contributed by atoms with Gasteiger partial charge in [0.1, 0.15) is 5.69 Å². The number of nitro groups is 1. The lowest BCUT2D eigenvalue weighted by atomic mass is 10.1. The van der Waals surface area contributed by atoms with E-state index in [0.29, 0.717) is 32.6 Å². The number of hydrogen-bond acceptors (Lipinski definition) is 4. The lowest BCUT2D eigenvalue weighted by molar-refractivity contribution is -0.384. The second-order valence-electron chi connectivity index (χ2n) is 5.46. The summed E-state index contributed by atoms with van der Waals surface area (Å²) in [6, 6.07) is 10.9. The highest BCUT2D eigenvalue weighted by atomic mass is 35.5. The number of aliphatic carboxylic acids is 1. The van der Waals surface area contributed by atoms with Crippen molar-refractivity contribution in [2.24, 2.45) is 0 Å². The molecule has 0 spiro atoms. The van der Waals surface area contributed by atoms with Gasteiger partial charge in [0.2, 0.25) is 0 Å². The Morgan fingerprint density at radius 1 is 1.19 bits per heavy atom. The molecule has 1 heterocycles. The lowest BCUT2D eigenvalue weighted by Crippen LogP contribution is -1.96. The normalized spacial score (nSPS) is 11.0. The van der Waals surface area contributed by atoms with Crippen molar-refractivity contribution in [3.05, 3.63) is 80.5 Å². The van der Waals surface area contributed by atoms with Crippen LogP contribution in [0.25, 0.3) is 23.0 Å². The van der Waals surface area contributed by atoms with Crippen molar-refractivity contribution < 1.29 is 14.8 Å². The summed E-state index contributed by atoms with van der Waals surface area (Å²) in [5, 5.41) is 25.1. The summed E-state index contributed by atoms with van der Waals surface area (Å²) in [5.41, 5.74) is 1.96. The molecule has 0 atom stereocenters. The maximum Gasteiger partial charge on any atom is 0.328 e. The molecule has 27 heavy (non-hydrogen) atoms. The van der Waals surface area contributed by atoms with E-state index >= 15 is 0 Å². The van der Waals surface area contributed by atoms with Crippen LogP contribution in [0.15, 0.2) is 54.7 Å². The Balaban J connectivity index is 2.14. The molecule has 1 N–H and O–H groups in total. The van der Waals surface area contributed by atoms with Crippen molar-refractivity contribution in [2.75, 3.05) is 0 Å². The van der Waals surface area contributed by atoms with Crippen LogP contribution in [0, 0.1) is 10.1 Å². The Kier molecular flexibility index (Phi) is 5.25. The molecule has 1 aromatic heterocycles. The molecular formula is C18H11Cl2N3O4. The number of carbonyl (C=O) groups is 1. The number of halogens is 2. The van der Waals surface area contributed by atoms with E-state index < -0.39 is 10.9 Å². The third kappa shape index (κ3) is 4.16. The van der Waals surface area contributed by atoms with E-state index in [4.69, 9.17) is 28.3 Å². The topological polar surface area (TPSA) is 98.3 Å². The van der Waals surface area contributed by atoms with Crippen molar-refractivity contribution in [2.45, 2.75) is 0 Å². The average Bonchev–Trinajstić information content (AvgIpc) is 3.06. The summed E-state index contributed by atoms with van der Waals surface area (Å²) >= 11 is 12.0. The van der Waals surface area contributed by atoms with Crippen molar-refractivity contribution in [1.82, 2.24) is 9.78 Å². The largest absolute Gasteiger partial charge is 0.478 e. The van der Waals surface area contributed by atoms with Gasteiger partial charge in [-0.25, -0.2) is 9.48 Å². The maximum atomic E-state index is 11.0. The summed E-state index contributed by atoms with van der Waals surface area (Å²) in [6.07, 6.45) is 3.95. The molecule has 0 aliphatic heterocycles. The van der Waals surface area contributed by atoms with Crippen LogP contribution in [0.3, 0.4) is 0 Å². The van der Waals surface area contributed by atoms with Crippen LogP contribution >= 0.6 is 23.2 Å². The highest BCUT2D eigenvalue weighted by molar-refractivity contribution is 6.42. The van der Waals surface area contributed by atoms with Gasteiger partial charge in [-0.1, -0.05) is 35.3 Å². The van der Waals surface area contributed by atoms with E-state index in [9.17, 15) is 14.9 Å². The summed E-state index contributed by atoms with van der Waals surface area (Å²) in [4.78, 5) is 21.4. The Morgan fingerprint density at radius 2 is 1.96 bits per heavy atom. The molecule has 9 heteroatoms. The predicted molar refractivity (Wildman–Crippen MR) is 102 cm³/mol. The Bertz CT molecular complexity index is 1080. The number of rotatable bonds is 5. The molecule has 3 aromatic rings. The summed E-state index contributed by atoms with van der Waals surface area (Å²) in [7, 11) is 0. The molecule has 2 aromatic carbocycles. The van der Waals surface area contributed by atoms with Gasteiger partial charge in [-0.15, -0.1) is 0 Å². The minimum atomic E-state index is -1.11. The second kappa shape index (κ2) is 7.61. The fraction of sp³-hybridized carbons (Fsp3) is 0. The third-order valence-corrected chi connectivity index (χ3v) is 4.39. The van der Waals surface area contributed by atoms with Gasteiger partial charge < -0.3 is 5.11 Å². The quantitative estimate of drug-likeness (QED) is 0.372. The number of aromatic nitrogens is 2. The van der Waals surface area contributed by atoms with Crippen LogP contribution in [-0.4, -0.2) is 25.8 Å². The summed E-state index contributed by atoms with van der Waals surface area (Å²) in [5.74, 6) is -1.11. The fourth-order valence-corrected chi connectivity index (χ4v) is 2.72. The SMILES string of the molecule is O=C(O)/C=C/c1cn(-c2cccc([N+](=O)[O-])c2)nc1-c1ccc(Cl)c(Cl)c1. The first-order valence-corrected chi connectivity index (χ1v) is 8.31. The van der Waals surface area contributed by atoms with E-state index in [-0.39, 0.29) is 5.69 Å². The molecular weight excluding hydrogens is 393 g/mol. The van der Waals surface area contributed by atoms with E-state index in [0.717, 1.165) is 6.08 Å². The molecule has 0 saturated heterocycles. The average molecular weight is 404 g/mol. The third-order valence-electron chi connectivity index (χ3n) is 3.65. The smallest absolute Gasteiger partial charge is 0.328 e. The van der Waals surface area contributed by atoms with Crippen molar-refractivity contribution in [3.63, 3.8) is 0 Å². The maximum absolute atomic E-state index is 11.0. The van der Waals surface area contributed by atoms with Crippen LogP contribution in [0.4, 0.5) is 5.69 Å². The van der Waals surface area contributed by atoms with Gasteiger partial charge in [0.25, 0.3) is 5.69 Å². The van der Waals surface area contributed by atoms with Gasteiger partial charge in [0.15, 0.2) is 0 Å². The van der Waals surface area contributed by atoms with Gasteiger partial charge in [-0.05, 0) is 24.3 Å². The molecule has 0 radical (unpaired) electrons. The lowest BCUT2D eigenvalue weighted by Gasteiger charge is -2.02. The Hall–Kier alpha value is -3.16. The second-order valence-corrected chi connectivity index (χ2v) is 6.27. The first kappa shape index (κ1) is 18.6. The Labute approximate surface area is 163 Å². The number of nitro benzene ring substituents is 1. The first-order chi connectivity index (χ1) is 12.8. The number of carboxylic acids is 1. The molecule has 0 aliphatic carbocycles. The summed E-state index contributed by atoms with van der Waals surface area (Å²) < 4.78 is 1.44. The van der Waals surface area contributed by atoms with Crippen molar-refractivity contribution >= 4 is 40.9 Å². The van der Waals surface area contributed by atoms with Crippen LogP contribution in [-0.2, 0) is 4.79 Å². The standard InChI is InChI=1S/C18H11Cl2N3O4/c19-15-6-4-11(8-16(15)20)18-12(5-7-17(24)25)10-22(21-18)13-2-1-3-14(9-13)23(26)27/h1-10H,(H,24,25)/b7-5+. The fourth-order valence-electron chi connectivity index (χ4n) is 2.42. The van der Waals surface area contributed by atoms with Gasteiger partial charge in [0, 0.05) is 35.5 Å². The van der Waals surface area contributed by atoms with E-state index in [2.05, 4.69) is 5.10 Å². The van der Waals surface area contributed by atoms with Crippen LogP contribution in [0.1, 0.15) is 5.56 Å². The van der Waals surface area contributed by atoms with Gasteiger partial charge in [0.05, 0.1) is 20.7 Å². The monoisotopic (exact) mass is 403 g/mol. The zero-order valence-electron chi connectivity index (χ0n) is 13.5. The number of hydrogen-bond donors (Lipinski definition) is 1. The highest BCUT2D eigenvalue weighted by Crippen LogP contribution is 2.31. The molecule has 0 bridgehead atoms. The minimum Gasteiger partial charge on any atom is -0.478 e. The van der Waals surface area contributed by atoms with Gasteiger partial charge >= 0.3 is 5.97 Å².